The predicted molar refractivity (Wildman–Crippen MR) is 93.7 cm³/mol. The lowest BCUT2D eigenvalue weighted by atomic mass is 10.1. The average Bonchev–Trinajstić information content (AvgIpc) is 2.54. The van der Waals surface area contributed by atoms with Crippen molar-refractivity contribution in [2.45, 2.75) is 26.4 Å². The molecule has 2 aromatic rings. The summed E-state index contributed by atoms with van der Waals surface area (Å²) in [5.41, 5.74) is 2.61. The van der Waals surface area contributed by atoms with E-state index in [4.69, 9.17) is 4.74 Å². The number of carbonyl (C=O) groups is 1. The molecule has 2 rings (SSSR count). The Morgan fingerprint density at radius 2 is 2.04 bits per heavy atom. The number of anilines is 1. The second-order valence-corrected chi connectivity index (χ2v) is 5.89. The Morgan fingerprint density at radius 1 is 1.29 bits per heavy atom. The van der Waals surface area contributed by atoms with Crippen molar-refractivity contribution in [2.75, 3.05) is 19.5 Å². The molecule has 1 amide bonds. The molecular formula is C19H23FN2O2. The summed E-state index contributed by atoms with van der Waals surface area (Å²) >= 11 is 0. The highest BCUT2D eigenvalue weighted by atomic mass is 19.1. The second-order valence-electron chi connectivity index (χ2n) is 5.89. The van der Waals surface area contributed by atoms with E-state index in [1.807, 2.05) is 25.1 Å². The quantitative estimate of drug-likeness (QED) is 0.880. The maximum absolute atomic E-state index is 13.3. The molecule has 5 heteroatoms. The fourth-order valence-corrected chi connectivity index (χ4v) is 2.55. The summed E-state index contributed by atoms with van der Waals surface area (Å²) in [6, 6.07) is 11.6. The zero-order valence-corrected chi connectivity index (χ0v) is 14.5. The van der Waals surface area contributed by atoms with Crippen molar-refractivity contribution in [2.24, 2.45) is 0 Å². The number of carbonyl (C=O) groups excluding carboxylic acids is 1. The van der Waals surface area contributed by atoms with Gasteiger partial charge in [-0.05, 0) is 49.2 Å². The van der Waals surface area contributed by atoms with E-state index in [9.17, 15) is 9.18 Å². The lowest BCUT2D eigenvalue weighted by Gasteiger charge is -2.23. The summed E-state index contributed by atoms with van der Waals surface area (Å²) in [6.07, 6.45) is 0. The van der Waals surface area contributed by atoms with E-state index < -0.39 is 6.04 Å². The van der Waals surface area contributed by atoms with Crippen LogP contribution in [0.15, 0.2) is 42.5 Å². The smallest absolute Gasteiger partial charge is 0.244 e. The molecule has 0 heterocycles. The average molecular weight is 330 g/mol. The molecule has 0 aromatic heterocycles. The van der Waals surface area contributed by atoms with Gasteiger partial charge in [0.1, 0.15) is 17.6 Å². The number of methoxy groups -OCH3 is 1. The molecule has 24 heavy (non-hydrogen) atoms. The minimum atomic E-state index is -0.431. The molecule has 0 fully saturated rings. The Hall–Kier alpha value is -2.56. The molecule has 0 unspecified atom stereocenters. The van der Waals surface area contributed by atoms with Crippen LogP contribution >= 0.6 is 0 Å². The number of aryl methyl sites for hydroxylation is 1. The molecule has 1 atom stereocenters. The van der Waals surface area contributed by atoms with Crippen LogP contribution in [0.3, 0.4) is 0 Å². The number of rotatable bonds is 6. The number of ether oxygens (including phenoxy) is 1. The SMILES string of the molecule is COc1ccc(C)cc1N[C@H](C)C(=O)N(C)Cc1cccc(F)c1. The number of likely N-dealkylation sites (N-methyl/N-ethyl adjacent to an activating group) is 1. The van der Waals surface area contributed by atoms with Gasteiger partial charge in [-0.3, -0.25) is 4.79 Å². The van der Waals surface area contributed by atoms with E-state index in [0.29, 0.717) is 12.3 Å². The van der Waals surface area contributed by atoms with Crippen LogP contribution in [0.5, 0.6) is 5.75 Å². The van der Waals surface area contributed by atoms with E-state index in [2.05, 4.69) is 5.32 Å². The van der Waals surface area contributed by atoms with Crippen LogP contribution in [0.4, 0.5) is 10.1 Å². The molecule has 0 saturated heterocycles. The van der Waals surface area contributed by atoms with Crippen LogP contribution in [0, 0.1) is 12.7 Å². The maximum atomic E-state index is 13.3. The van der Waals surface area contributed by atoms with Crippen molar-refractivity contribution in [3.8, 4) is 5.75 Å². The largest absolute Gasteiger partial charge is 0.495 e. The molecule has 0 bridgehead atoms. The molecule has 1 N–H and O–H groups in total. The summed E-state index contributed by atoms with van der Waals surface area (Å²) in [5, 5.41) is 3.19. The first-order chi connectivity index (χ1) is 11.4. The van der Waals surface area contributed by atoms with E-state index >= 15 is 0 Å². The van der Waals surface area contributed by atoms with E-state index in [1.165, 1.54) is 12.1 Å². The number of nitrogens with zero attached hydrogens (tertiary/aromatic N) is 1. The third kappa shape index (κ3) is 4.47. The molecule has 128 valence electrons. The van der Waals surface area contributed by atoms with Crippen molar-refractivity contribution in [3.05, 3.63) is 59.4 Å². The van der Waals surface area contributed by atoms with Gasteiger partial charge in [0.15, 0.2) is 0 Å². The number of benzene rings is 2. The van der Waals surface area contributed by atoms with Crippen LogP contribution in [0.1, 0.15) is 18.1 Å². The lowest BCUT2D eigenvalue weighted by Crippen LogP contribution is -2.38. The third-order valence-electron chi connectivity index (χ3n) is 3.78. The fourth-order valence-electron chi connectivity index (χ4n) is 2.55. The number of hydrogen-bond acceptors (Lipinski definition) is 3. The summed E-state index contributed by atoms with van der Waals surface area (Å²) in [4.78, 5) is 14.1. The van der Waals surface area contributed by atoms with Crippen LogP contribution in [0.25, 0.3) is 0 Å². The van der Waals surface area contributed by atoms with E-state index in [1.54, 1.807) is 38.1 Å². The van der Waals surface area contributed by atoms with Gasteiger partial charge in [0.2, 0.25) is 5.91 Å². The highest BCUT2D eigenvalue weighted by Crippen LogP contribution is 2.26. The Labute approximate surface area is 142 Å². The van der Waals surface area contributed by atoms with Crippen LogP contribution < -0.4 is 10.1 Å². The van der Waals surface area contributed by atoms with Gasteiger partial charge in [-0.1, -0.05) is 18.2 Å². The Kier molecular flexibility index (Phi) is 5.79. The van der Waals surface area contributed by atoms with Crippen molar-refractivity contribution in [3.63, 3.8) is 0 Å². The molecular weight excluding hydrogens is 307 g/mol. The molecule has 0 saturated carbocycles. The van der Waals surface area contributed by atoms with Crippen LogP contribution in [0.2, 0.25) is 0 Å². The van der Waals surface area contributed by atoms with Gasteiger partial charge in [-0.15, -0.1) is 0 Å². The van der Waals surface area contributed by atoms with Gasteiger partial charge in [0, 0.05) is 13.6 Å². The van der Waals surface area contributed by atoms with Gasteiger partial charge in [-0.2, -0.15) is 0 Å². The number of amides is 1. The second kappa shape index (κ2) is 7.81. The Bertz CT molecular complexity index is 718. The molecule has 0 spiro atoms. The molecule has 0 aliphatic heterocycles. The van der Waals surface area contributed by atoms with Gasteiger partial charge in [0.05, 0.1) is 12.8 Å². The zero-order valence-electron chi connectivity index (χ0n) is 14.5. The normalized spacial score (nSPS) is 11.7. The fraction of sp³-hybridized carbons (Fsp3) is 0.316. The summed E-state index contributed by atoms with van der Waals surface area (Å²) < 4.78 is 18.6. The number of nitrogens with one attached hydrogen (secondary N) is 1. The minimum Gasteiger partial charge on any atom is -0.495 e. The van der Waals surface area contributed by atoms with Crippen molar-refractivity contribution >= 4 is 11.6 Å². The number of halogens is 1. The topological polar surface area (TPSA) is 41.6 Å². The first-order valence-electron chi connectivity index (χ1n) is 7.81. The molecule has 0 aliphatic rings. The van der Waals surface area contributed by atoms with Crippen molar-refractivity contribution < 1.29 is 13.9 Å². The first-order valence-corrected chi connectivity index (χ1v) is 7.81. The number of hydrogen-bond donors (Lipinski definition) is 1. The maximum Gasteiger partial charge on any atom is 0.244 e. The monoisotopic (exact) mass is 330 g/mol. The van der Waals surface area contributed by atoms with Crippen LogP contribution in [-0.2, 0) is 11.3 Å². The lowest BCUT2D eigenvalue weighted by molar-refractivity contribution is -0.130. The Morgan fingerprint density at radius 3 is 2.71 bits per heavy atom. The van der Waals surface area contributed by atoms with Gasteiger partial charge in [-0.25, -0.2) is 4.39 Å². The highest BCUT2D eigenvalue weighted by molar-refractivity contribution is 5.84. The Balaban J connectivity index is 2.05. The van der Waals surface area contributed by atoms with Crippen LogP contribution in [-0.4, -0.2) is 31.0 Å². The highest BCUT2D eigenvalue weighted by Gasteiger charge is 2.19. The minimum absolute atomic E-state index is 0.0807. The summed E-state index contributed by atoms with van der Waals surface area (Å²) in [7, 11) is 3.30. The zero-order chi connectivity index (χ0) is 17.7. The van der Waals surface area contributed by atoms with E-state index in [-0.39, 0.29) is 11.7 Å². The van der Waals surface area contributed by atoms with Crippen molar-refractivity contribution in [1.82, 2.24) is 4.90 Å². The van der Waals surface area contributed by atoms with Gasteiger partial charge < -0.3 is 15.0 Å². The van der Waals surface area contributed by atoms with E-state index in [0.717, 1.165) is 16.8 Å². The summed E-state index contributed by atoms with van der Waals surface area (Å²) in [5.74, 6) is 0.305. The van der Waals surface area contributed by atoms with Gasteiger partial charge >= 0.3 is 0 Å². The predicted octanol–water partition coefficient (Wildman–Crippen LogP) is 3.60. The van der Waals surface area contributed by atoms with Gasteiger partial charge in [0.25, 0.3) is 0 Å². The third-order valence-corrected chi connectivity index (χ3v) is 3.78. The van der Waals surface area contributed by atoms with Crippen molar-refractivity contribution in [1.29, 1.82) is 0 Å². The summed E-state index contributed by atoms with van der Waals surface area (Å²) in [6.45, 7) is 4.13. The molecule has 0 aliphatic carbocycles. The molecule has 0 radical (unpaired) electrons. The molecule has 2 aromatic carbocycles. The molecule has 4 nitrogen and oxygen atoms in total. The first kappa shape index (κ1) is 17.8. The standard InChI is InChI=1S/C19H23FN2O2/c1-13-8-9-18(24-4)17(10-13)21-14(2)19(23)22(3)12-15-6-5-7-16(20)11-15/h5-11,14,21H,12H2,1-4H3/t14-/m1/s1.